The molecule has 0 N–H and O–H groups in total. The Balaban J connectivity index is 2.28. The summed E-state index contributed by atoms with van der Waals surface area (Å²) in [6.45, 7) is 0.0459. The van der Waals surface area contributed by atoms with E-state index < -0.39 is 15.9 Å². The van der Waals surface area contributed by atoms with Gasteiger partial charge in [0.15, 0.2) is 9.84 Å². The first kappa shape index (κ1) is 14.8. The quantitative estimate of drug-likeness (QED) is 0.781. The lowest BCUT2D eigenvalue weighted by atomic mass is 10.1. The average molecular weight is 313 g/mol. The molecule has 7 heteroatoms. The number of hydrogen-bond donors (Lipinski definition) is 0. The Hall–Kier alpha value is -1.58. The summed E-state index contributed by atoms with van der Waals surface area (Å²) in [6, 6.07) is 1.11. The minimum absolute atomic E-state index is 0.0459. The van der Waals surface area contributed by atoms with Crippen molar-refractivity contribution >= 4 is 27.3 Å². The minimum Gasteiger partial charge on any atom is -0.323 e. The smallest absolute Gasteiger partial charge is 0.258 e. The summed E-state index contributed by atoms with van der Waals surface area (Å²) in [5, 5.41) is 0.271. The number of sulfone groups is 1. The van der Waals surface area contributed by atoms with Crippen molar-refractivity contribution in [2.24, 2.45) is 0 Å². The van der Waals surface area contributed by atoms with Crippen LogP contribution in [0.15, 0.2) is 18.5 Å². The molecule has 0 saturated carbocycles. The highest BCUT2D eigenvalue weighted by molar-refractivity contribution is 7.91. The zero-order valence-electron chi connectivity index (χ0n) is 10.6. The second kappa shape index (κ2) is 5.81. The van der Waals surface area contributed by atoms with E-state index in [-0.39, 0.29) is 34.5 Å². The molecule has 0 radical (unpaired) electrons. The summed E-state index contributed by atoms with van der Waals surface area (Å²) in [5.41, 5.74) is 0.230. The number of hydrogen-bond acceptors (Lipinski definition) is 4. The van der Waals surface area contributed by atoms with Crippen molar-refractivity contribution < 1.29 is 13.2 Å². The van der Waals surface area contributed by atoms with Crippen LogP contribution in [0.5, 0.6) is 0 Å². The SMILES string of the molecule is C#CCN(C(=O)c1cnccc1Cl)C1CCS(=O)(=O)C1. The van der Waals surface area contributed by atoms with Gasteiger partial charge in [0, 0.05) is 18.4 Å². The van der Waals surface area contributed by atoms with E-state index in [9.17, 15) is 13.2 Å². The van der Waals surface area contributed by atoms with E-state index in [0.29, 0.717) is 6.42 Å². The Morgan fingerprint density at radius 1 is 1.60 bits per heavy atom. The first-order valence-electron chi connectivity index (χ1n) is 5.99. The molecule has 106 valence electrons. The molecule has 1 aromatic rings. The molecule has 1 amide bonds. The van der Waals surface area contributed by atoms with Crippen molar-refractivity contribution in [3.05, 3.63) is 29.0 Å². The Morgan fingerprint density at radius 2 is 2.35 bits per heavy atom. The number of terminal acetylenes is 1. The predicted molar refractivity (Wildman–Crippen MR) is 76.2 cm³/mol. The van der Waals surface area contributed by atoms with Crippen molar-refractivity contribution in [2.45, 2.75) is 12.5 Å². The highest BCUT2D eigenvalue weighted by Crippen LogP contribution is 2.22. The Bertz CT molecular complexity index is 666. The molecular formula is C13H13ClN2O3S. The molecule has 0 aliphatic carbocycles. The Morgan fingerprint density at radius 3 is 2.90 bits per heavy atom. The second-order valence-electron chi connectivity index (χ2n) is 4.55. The molecular weight excluding hydrogens is 300 g/mol. The van der Waals surface area contributed by atoms with Crippen molar-refractivity contribution in [2.75, 3.05) is 18.1 Å². The maximum Gasteiger partial charge on any atom is 0.258 e. The van der Waals surface area contributed by atoms with Crippen LogP contribution in [-0.4, -0.2) is 48.3 Å². The van der Waals surface area contributed by atoms with Crippen LogP contribution < -0.4 is 0 Å². The third-order valence-electron chi connectivity index (χ3n) is 3.17. The van der Waals surface area contributed by atoms with Gasteiger partial charge in [-0.2, -0.15) is 0 Å². The zero-order valence-corrected chi connectivity index (χ0v) is 12.2. The molecule has 1 saturated heterocycles. The van der Waals surface area contributed by atoms with E-state index in [1.54, 1.807) is 0 Å². The number of aromatic nitrogens is 1. The number of carbonyl (C=O) groups is 1. The van der Waals surface area contributed by atoms with Crippen LogP contribution in [0.25, 0.3) is 0 Å². The van der Waals surface area contributed by atoms with E-state index in [1.165, 1.54) is 23.4 Å². The van der Waals surface area contributed by atoms with Gasteiger partial charge in [0.25, 0.3) is 5.91 Å². The molecule has 1 fully saturated rings. The summed E-state index contributed by atoms with van der Waals surface area (Å²) in [4.78, 5) is 17.7. The molecule has 0 bridgehead atoms. The third-order valence-corrected chi connectivity index (χ3v) is 5.25. The topological polar surface area (TPSA) is 67.3 Å². The number of rotatable bonds is 3. The largest absolute Gasteiger partial charge is 0.323 e. The molecule has 1 atom stereocenters. The molecule has 0 spiro atoms. The van der Waals surface area contributed by atoms with Gasteiger partial charge in [0.2, 0.25) is 0 Å². The van der Waals surface area contributed by atoms with Gasteiger partial charge in [-0.25, -0.2) is 8.42 Å². The molecule has 5 nitrogen and oxygen atoms in total. The van der Waals surface area contributed by atoms with Gasteiger partial charge >= 0.3 is 0 Å². The first-order valence-corrected chi connectivity index (χ1v) is 8.19. The van der Waals surface area contributed by atoms with E-state index in [2.05, 4.69) is 10.9 Å². The summed E-state index contributed by atoms with van der Waals surface area (Å²) in [6.07, 6.45) is 8.51. The molecule has 1 aliphatic rings. The van der Waals surface area contributed by atoms with Gasteiger partial charge in [0.1, 0.15) is 0 Å². The number of amides is 1. The van der Waals surface area contributed by atoms with Crippen LogP contribution >= 0.6 is 11.6 Å². The maximum absolute atomic E-state index is 12.5. The fourth-order valence-corrected chi connectivity index (χ4v) is 4.09. The second-order valence-corrected chi connectivity index (χ2v) is 7.19. The summed E-state index contributed by atoms with van der Waals surface area (Å²) >= 11 is 5.97. The number of halogens is 1. The summed E-state index contributed by atoms with van der Waals surface area (Å²) in [5.74, 6) is 2.02. The molecule has 1 unspecified atom stereocenters. The predicted octanol–water partition coefficient (Wildman–Crippen LogP) is 0.998. The number of pyridine rings is 1. The standard InChI is InChI=1S/C13H13ClN2O3S/c1-2-6-16(10-4-7-20(18,19)9-10)13(17)11-8-15-5-3-12(11)14/h1,3,5,8,10H,4,6-7,9H2. The van der Waals surface area contributed by atoms with Crippen LogP contribution in [0, 0.1) is 12.3 Å². The van der Waals surface area contributed by atoms with Crippen molar-refractivity contribution in [1.29, 1.82) is 0 Å². The summed E-state index contributed by atoms with van der Waals surface area (Å²) < 4.78 is 23.1. The number of nitrogens with zero attached hydrogens (tertiary/aromatic N) is 2. The normalized spacial score (nSPS) is 20.3. The summed E-state index contributed by atoms with van der Waals surface area (Å²) in [7, 11) is -3.10. The first-order chi connectivity index (χ1) is 9.44. The van der Waals surface area contributed by atoms with Crippen molar-refractivity contribution in [3.63, 3.8) is 0 Å². The van der Waals surface area contributed by atoms with Crippen LogP contribution in [0.1, 0.15) is 16.8 Å². The van der Waals surface area contributed by atoms with Crippen LogP contribution in [-0.2, 0) is 9.84 Å². The Kier molecular flexibility index (Phi) is 4.31. The fourth-order valence-electron chi connectivity index (χ4n) is 2.18. The number of carbonyl (C=O) groups excluding carboxylic acids is 1. The van der Waals surface area contributed by atoms with Gasteiger partial charge < -0.3 is 4.90 Å². The molecule has 0 aromatic carbocycles. The van der Waals surface area contributed by atoms with E-state index in [4.69, 9.17) is 18.0 Å². The van der Waals surface area contributed by atoms with Crippen LogP contribution in [0.3, 0.4) is 0 Å². The fraction of sp³-hybridized carbons (Fsp3) is 0.385. The molecule has 2 heterocycles. The van der Waals surface area contributed by atoms with Gasteiger partial charge in [-0.05, 0) is 12.5 Å². The maximum atomic E-state index is 12.5. The van der Waals surface area contributed by atoms with Gasteiger partial charge in [-0.3, -0.25) is 9.78 Å². The lowest BCUT2D eigenvalue weighted by Gasteiger charge is -2.26. The molecule has 20 heavy (non-hydrogen) atoms. The van der Waals surface area contributed by atoms with Crippen LogP contribution in [0.4, 0.5) is 0 Å². The van der Waals surface area contributed by atoms with E-state index in [0.717, 1.165) is 0 Å². The average Bonchev–Trinajstić information content (AvgIpc) is 2.76. The third kappa shape index (κ3) is 3.11. The van der Waals surface area contributed by atoms with E-state index in [1.807, 2.05) is 0 Å². The lowest BCUT2D eigenvalue weighted by Crippen LogP contribution is -2.41. The van der Waals surface area contributed by atoms with E-state index >= 15 is 0 Å². The minimum atomic E-state index is -3.10. The highest BCUT2D eigenvalue weighted by Gasteiger charge is 2.35. The van der Waals surface area contributed by atoms with Gasteiger partial charge in [-0.15, -0.1) is 6.42 Å². The monoisotopic (exact) mass is 312 g/mol. The zero-order chi connectivity index (χ0) is 14.8. The Labute approximate surface area is 122 Å². The molecule has 1 aliphatic heterocycles. The van der Waals surface area contributed by atoms with Crippen LogP contribution in [0.2, 0.25) is 5.02 Å². The molecule has 2 rings (SSSR count). The van der Waals surface area contributed by atoms with Crippen molar-refractivity contribution in [3.8, 4) is 12.3 Å². The lowest BCUT2D eigenvalue weighted by molar-refractivity contribution is 0.0724. The van der Waals surface area contributed by atoms with Gasteiger partial charge in [0.05, 0.1) is 28.6 Å². The molecule has 1 aromatic heterocycles. The highest BCUT2D eigenvalue weighted by atomic mass is 35.5. The van der Waals surface area contributed by atoms with Gasteiger partial charge in [-0.1, -0.05) is 17.5 Å². The van der Waals surface area contributed by atoms with Crippen molar-refractivity contribution in [1.82, 2.24) is 9.88 Å².